The number of methoxy groups -OCH3 is 1. The second-order valence-corrected chi connectivity index (χ2v) is 5.49. The monoisotopic (exact) mass is 348 g/mol. The molecule has 0 spiro atoms. The van der Waals surface area contributed by atoms with E-state index in [2.05, 4.69) is 14.9 Å². The molecule has 1 fully saturated rings. The Morgan fingerprint density at radius 1 is 1.12 bits per heavy atom. The number of carbonyl (C=O) groups is 1. The third kappa shape index (κ3) is 3.76. The van der Waals surface area contributed by atoms with Crippen LogP contribution in [0.15, 0.2) is 36.5 Å². The number of aryl methyl sites for hydroxylation is 1. The van der Waals surface area contributed by atoms with Crippen molar-refractivity contribution in [3.63, 3.8) is 0 Å². The van der Waals surface area contributed by atoms with Crippen molar-refractivity contribution in [3.05, 3.63) is 47.7 Å². The molecule has 24 heavy (non-hydrogen) atoms. The summed E-state index contributed by atoms with van der Waals surface area (Å²) in [6.45, 7) is 4.71. The fraction of sp³-hybridized carbons (Fsp3) is 0.353. The number of carbonyl (C=O) groups excluding carboxylic acids is 1. The van der Waals surface area contributed by atoms with Crippen molar-refractivity contribution in [1.29, 1.82) is 0 Å². The summed E-state index contributed by atoms with van der Waals surface area (Å²) in [5.74, 6) is 1.29. The number of rotatable bonds is 3. The van der Waals surface area contributed by atoms with Crippen molar-refractivity contribution in [1.82, 2.24) is 14.9 Å². The van der Waals surface area contributed by atoms with Crippen molar-refractivity contribution in [2.24, 2.45) is 0 Å². The van der Waals surface area contributed by atoms with E-state index in [-0.39, 0.29) is 18.3 Å². The molecule has 0 unspecified atom stereocenters. The van der Waals surface area contributed by atoms with Crippen LogP contribution in [0, 0.1) is 6.92 Å². The predicted molar refractivity (Wildman–Crippen MR) is 95.1 cm³/mol. The second kappa shape index (κ2) is 7.97. The molecule has 0 bridgehead atoms. The van der Waals surface area contributed by atoms with Gasteiger partial charge in [0.15, 0.2) is 0 Å². The SMILES string of the molecule is COc1ccnc(N2CCN(C(=O)c3ccccc3C)CC2)n1.Cl. The number of aromatic nitrogens is 2. The fourth-order valence-electron chi connectivity index (χ4n) is 2.69. The average molecular weight is 349 g/mol. The highest BCUT2D eigenvalue weighted by atomic mass is 35.5. The van der Waals surface area contributed by atoms with Crippen LogP contribution in [0.2, 0.25) is 0 Å². The van der Waals surface area contributed by atoms with E-state index in [1.165, 1.54) is 0 Å². The maximum absolute atomic E-state index is 12.6. The third-order valence-corrected chi connectivity index (χ3v) is 4.05. The number of piperazine rings is 1. The van der Waals surface area contributed by atoms with E-state index < -0.39 is 0 Å². The molecule has 1 amide bonds. The van der Waals surface area contributed by atoms with Crippen molar-refractivity contribution < 1.29 is 9.53 Å². The lowest BCUT2D eigenvalue weighted by molar-refractivity contribution is 0.0745. The quantitative estimate of drug-likeness (QED) is 0.851. The molecular weight excluding hydrogens is 328 g/mol. The largest absolute Gasteiger partial charge is 0.481 e. The van der Waals surface area contributed by atoms with Crippen molar-refractivity contribution in [2.75, 3.05) is 38.2 Å². The molecule has 2 heterocycles. The van der Waals surface area contributed by atoms with Gasteiger partial charge in [-0.05, 0) is 18.6 Å². The summed E-state index contributed by atoms with van der Waals surface area (Å²) in [7, 11) is 1.59. The summed E-state index contributed by atoms with van der Waals surface area (Å²) >= 11 is 0. The zero-order valence-electron chi connectivity index (χ0n) is 13.8. The van der Waals surface area contributed by atoms with Gasteiger partial charge in [0.2, 0.25) is 11.8 Å². The number of anilines is 1. The van der Waals surface area contributed by atoms with E-state index in [0.29, 0.717) is 38.0 Å². The van der Waals surface area contributed by atoms with Crippen LogP contribution < -0.4 is 9.64 Å². The van der Waals surface area contributed by atoms with Gasteiger partial charge in [-0.1, -0.05) is 18.2 Å². The Kier molecular flexibility index (Phi) is 5.98. The van der Waals surface area contributed by atoms with Gasteiger partial charge in [0.1, 0.15) is 0 Å². The molecule has 6 nitrogen and oxygen atoms in total. The summed E-state index contributed by atoms with van der Waals surface area (Å²) in [5, 5.41) is 0. The third-order valence-electron chi connectivity index (χ3n) is 4.05. The normalized spacial score (nSPS) is 14.1. The van der Waals surface area contributed by atoms with Crippen LogP contribution in [0.25, 0.3) is 0 Å². The Bertz CT molecular complexity index is 702. The minimum Gasteiger partial charge on any atom is -0.481 e. The van der Waals surface area contributed by atoms with E-state index in [0.717, 1.165) is 11.1 Å². The predicted octanol–water partition coefficient (Wildman–Crippen LogP) is 2.18. The van der Waals surface area contributed by atoms with Crippen LogP contribution in [0.3, 0.4) is 0 Å². The van der Waals surface area contributed by atoms with Gasteiger partial charge in [-0.2, -0.15) is 4.98 Å². The maximum atomic E-state index is 12.6. The number of halogens is 1. The highest BCUT2D eigenvalue weighted by Gasteiger charge is 2.24. The first-order valence-corrected chi connectivity index (χ1v) is 7.66. The van der Waals surface area contributed by atoms with Gasteiger partial charge < -0.3 is 14.5 Å². The molecule has 1 aromatic heterocycles. The van der Waals surface area contributed by atoms with E-state index in [4.69, 9.17) is 4.74 Å². The van der Waals surface area contributed by atoms with Gasteiger partial charge in [-0.15, -0.1) is 12.4 Å². The Labute approximate surface area is 147 Å². The van der Waals surface area contributed by atoms with Gasteiger partial charge >= 0.3 is 0 Å². The van der Waals surface area contributed by atoms with Crippen LogP contribution in [-0.4, -0.2) is 54.1 Å². The molecular formula is C17H21ClN4O2. The smallest absolute Gasteiger partial charge is 0.254 e. The molecule has 1 aromatic carbocycles. The van der Waals surface area contributed by atoms with Gasteiger partial charge in [0, 0.05) is 44.0 Å². The molecule has 0 saturated carbocycles. The van der Waals surface area contributed by atoms with Crippen LogP contribution in [0.1, 0.15) is 15.9 Å². The molecule has 0 N–H and O–H groups in total. The maximum Gasteiger partial charge on any atom is 0.254 e. The van der Waals surface area contributed by atoms with Gasteiger partial charge in [-0.25, -0.2) is 4.98 Å². The summed E-state index contributed by atoms with van der Waals surface area (Å²) in [4.78, 5) is 25.2. The second-order valence-electron chi connectivity index (χ2n) is 5.49. The summed E-state index contributed by atoms with van der Waals surface area (Å²) in [5.41, 5.74) is 1.79. The summed E-state index contributed by atoms with van der Waals surface area (Å²) < 4.78 is 5.13. The molecule has 128 valence electrons. The molecule has 2 aromatic rings. The highest BCUT2D eigenvalue weighted by Crippen LogP contribution is 2.17. The number of amides is 1. The summed E-state index contributed by atoms with van der Waals surface area (Å²) in [6, 6.07) is 9.43. The van der Waals surface area contributed by atoms with Crippen molar-refractivity contribution >= 4 is 24.3 Å². The average Bonchev–Trinajstić information content (AvgIpc) is 2.62. The Hall–Kier alpha value is -2.34. The molecule has 0 aliphatic carbocycles. The molecule has 0 atom stereocenters. The fourth-order valence-corrected chi connectivity index (χ4v) is 2.69. The van der Waals surface area contributed by atoms with Crippen LogP contribution in [-0.2, 0) is 0 Å². The van der Waals surface area contributed by atoms with Gasteiger partial charge in [-0.3, -0.25) is 4.79 Å². The van der Waals surface area contributed by atoms with Crippen LogP contribution in [0.4, 0.5) is 5.95 Å². The van der Waals surface area contributed by atoms with Gasteiger partial charge in [0.05, 0.1) is 7.11 Å². The zero-order valence-corrected chi connectivity index (χ0v) is 14.6. The van der Waals surface area contributed by atoms with E-state index in [1.54, 1.807) is 19.4 Å². The van der Waals surface area contributed by atoms with Crippen LogP contribution in [0.5, 0.6) is 5.88 Å². The van der Waals surface area contributed by atoms with Crippen LogP contribution >= 0.6 is 12.4 Å². The lowest BCUT2D eigenvalue weighted by atomic mass is 10.1. The molecule has 3 rings (SSSR count). The van der Waals surface area contributed by atoms with Crippen molar-refractivity contribution in [2.45, 2.75) is 6.92 Å². The first-order chi connectivity index (χ1) is 11.2. The first-order valence-electron chi connectivity index (χ1n) is 7.66. The standard InChI is InChI=1S/C17H20N4O2.ClH/c1-13-5-3-4-6-14(13)16(22)20-9-11-21(12-10-20)17-18-8-7-15(19-17)23-2;/h3-8H,9-12H2,1-2H3;1H. The molecule has 1 aliphatic heterocycles. The summed E-state index contributed by atoms with van der Waals surface area (Å²) in [6.07, 6.45) is 1.69. The zero-order chi connectivity index (χ0) is 16.2. The Morgan fingerprint density at radius 3 is 2.50 bits per heavy atom. The molecule has 7 heteroatoms. The minimum atomic E-state index is 0. The number of ether oxygens (including phenoxy) is 1. The lowest BCUT2D eigenvalue weighted by Crippen LogP contribution is -2.49. The number of hydrogen-bond donors (Lipinski definition) is 0. The van der Waals surface area contributed by atoms with E-state index in [1.807, 2.05) is 36.1 Å². The Balaban J connectivity index is 0.00000208. The topological polar surface area (TPSA) is 58.6 Å². The van der Waals surface area contributed by atoms with Crippen molar-refractivity contribution in [3.8, 4) is 5.88 Å². The number of hydrogen-bond acceptors (Lipinski definition) is 5. The molecule has 0 radical (unpaired) electrons. The van der Waals surface area contributed by atoms with E-state index in [9.17, 15) is 4.79 Å². The number of nitrogens with zero attached hydrogens (tertiary/aromatic N) is 4. The van der Waals surface area contributed by atoms with E-state index >= 15 is 0 Å². The first kappa shape index (κ1) is 18.0. The number of benzene rings is 1. The van der Waals surface area contributed by atoms with Gasteiger partial charge in [0.25, 0.3) is 5.91 Å². The Morgan fingerprint density at radius 2 is 1.83 bits per heavy atom. The highest BCUT2D eigenvalue weighted by molar-refractivity contribution is 5.95. The minimum absolute atomic E-state index is 0. The molecule has 1 saturated heterocycles. The lowest BCUT2D eigenvalue weighted by Gasteiger charge is -2.35. The molecule has 1 aliphatic rings.